The molecule has 4 aromatic rings. The number of rotatable bonds is 5. The predicted molar refractivity (Wildman–Crippen MR) is 154 cm³/mol. The van der Waals surface area contributed by atoms with E-state index in [1.54, 1.807) is 42.5 Å². The van der Waals surface area contributed by atoms with E-state index in [9.17, 15) is 14.4 Å². The molecule has 2 aromatic heterocycles. The number of ether oxygens (including phenoxy) is 2. The number of nitrogens with two attached hydrogens (primary N) is 1. The van der Waals surface area contributed by atoms with Gasteiger partial charge in [0.25, 0.3) is 11.8 Å². The van der Waals surface area contributed by atoms with Gasteiger partial charge in [0.15, 0.2) is 5.72 Å². The van der Waals surface area contributed by atoms with E-state index in [-0.39, 0.29) is 17.4 Å². The highest BCUT2D eigenvalue weighted by molar-refractivity contribution is 6.00. The molecule has 3 aliphatic rings. The molecule has 7 rings (SSSR count). The topological polar surface area (TPSA) is 137 Å². The van der Waals surface area contributed by atoms with E-state index in [1.807, 2.05) is 18.2 Å². The van der Waals surface area contributed by atoms with Crippen LogP contribution < -0.4 is 20.5 Å². The summed E-state index contributed by atoms with van der Waals surface area (Å²) in [7, 11) is 1.61. The Bertz CT molecular complexity index is 1770. The van der Waals surface area contributed by atoms with E-state index >= 15 is 0 Å². The van der Waals surface area contributed by atoms with Gasteiger partial charge in [0.1, 0.15) is 17.2 Å². The lowest BCUT2D eigenvalue weighted by atomic mass is 9.95. The Morgan fingerprint density at radius 1 is 1.07 bits per heavy atom. The van der Waals surface area contributed by atoms with Crippen LogP contribution in [0.5, 0.6) is 11.5 Å². The van der Waals surface area contributed by atoms with Crippen molar-refractivity contribution in [3.63, 3.8) is 0 Å². The van der Waals surface area contributed by atoms with Gasteiger partial charge in [0.2, 0.25) is 5.91 Å². The molecular formula is C32H29N5O5. The number of pyridine rings is 2. The fourth-order valence-corrected chi connectivity index (χ4v) is 5.92. The van der Waals surface area contributed by atoms with E-state index in [2.05, 4.69) is 16.4 Å². The number of carbonyl (C=O) groups is 3. The molecule has 212 valence electrons. The first-order chi connectivity index (χ1) is 20.3. The van der Waals surface area contributed by atoms with Crippen LogP contribution in [0.4, 0.5) is 0 Å². The van der Waals surface area contributed by atoms with Gasteiger partial charge in [0.05, 0.1) is 23.8 Å². The molecule has 42 heavy (non-hydrogen) atoms. The van der Waals surface area contributed by atoms with Crippen LogP contribution in [0.2, 0.25) is 0 Å². The Hall–Kier alpha value is -4.99. The third kappa shape index (κ3) is 4.49. The minimum atomic E-state index is -0.913. The summed E-state index contributed by atoms with van der Waals surface area (Å²) in [4.78, 5) is 49.1. The zero-order chi connectivity index (χ0) is 29.0. The Morgan fingerprint density at radius 2 is 1.88 bits per heavy atom. The van der Waals surface area contributed by atoms with Gasteiger partial charge in [-0.15, -0.1) is 0 Å². The largest absolute Gasteiger partial charge is 0.496 e. The Kier molecular flexibility index (Phi) is 6.07. The molecule has 1 saturated heterocycles. The van der Waals surface area contributed by atoms with Crippen molar-refractivity contribution in [2.75, 3.05) is 20.2 Å². The summed E-state index contributed by atoms with van der Waals surface area (Å²) < 4.78 is 12.0. The molecular weight excluding hydrogens is 534 g/mol. The minimum Gasteiger partial charge on any atom is -0.496 e. The van der Waals surface area contributed by atoms with Crippen molar-refractivity contribution < 1.29 is 23.9 Å². The van der Waals surface area contributed by atoms with Gasteiger partial charge in [-0.25, -0.2) is 4.98 Å². The quantitative estimate of drug-likeness (QED) is 0.374. The first-order valence-electron chi connectivity index (χ1n) is 14.0. The highest BCUT2D eigenvalue weighted by Crippen LogP contribution is 2.44. The molecule has 10 heteroatoms. The molecule has 0 unspecified atom stereocenters. The first kappa shape index (κ1) is 25.9. The number of primary amides is 1. The number of benzene rings is 2. The van der Waals surface area contributed by atoms with Crippen LogP contribution in [0.25, 0.3) is 22.0 Å². The van der Waals surface area contributed by atoms with Crippen molar-refractivity contribution in [3.8, 4) is 22.6 Å². The Balaban J connectivity index is 1.10. The third-order valence-corrected chi connectivity index (χ3v) is 8.37. The van der Waals surface area contributed by atoms with Crippen LogP contribution in [-0.4, -0.2) is 58.5 Å². The fourth-order valence-electron chi connectivity index (χ4n) is 5.92. The van der Waals surface area contributed by atoms with Crippen molar-refractivity contribution in [2.24, 2.45) is 5.73 Å². The molecule has 1 aliphatic carbocycles. The molecule has 1 spiro atoms. The normalized spacial score (nSPS) is 17.4. The van der Waals surface area contributed by atoms with Crippen LogP contribution in [0.1, 0.15) is 68.4 Å². The zero-order valence-electron chi connectivity index (χ0n) is 23.1. The van der Waals surface area contributed by atoms with Crippen LogP contribution in [0.15, 0.2) is 60.9 Å². The minimum absolute atomic E-state index is 0.172. The summed E-state index contributed by atoms with van der Waals surface area (Å²) in [6.45, 7) is 0.787. The number of aromatic nitrogens is 2. The van der Waals surface area contributed by atoms with Crippen LogP contribution in [0, 0.1) is 0 Å². The summed E-state index contributed by atoms with van der Waals surface area (Å²) >= 11 is 0. The standard InChI is InChI=1S/C32H29N5O5/c1-41-27-15-25(35-28-22(18-5-6-18)3-2-4-23(27)28)31(40)37-11-9-32(10-12-37)36-30(39)24-14-19(7-8-26(24)42-32)20-13-21(29(33)38)17-34-16-20/h2-4,7-8,13-18H,5-6,9-12H2,1H3,(H2,33,38)(H,36,39). The average molecular weight is 564 g/mol. The second kappa shape index (κ2) is 9.83. The molecule has 0 atom stereocenters. The molecule has 0 bridgehead atoms. The van der Waals surface area contributed by atoms with Crippen molar-refractivity contribution in [2.45, 2.75) is 37.3 Å². The average Bonchev–Trinajstić information content (AvgIpc) is 3.86. The summed E-state index contributed by atoms with van der Waals surface area (Å²) in [5.41, 5.74) is 8.87. The number of likely N-dealkylation sites (tertiary alicyclic amines) is 1. The smallest absolute Gasteiger partial charge is 0.272 e. The van der Waals surface area contributed by atoms with Crippen molar-refractivity contribution in [1.29, 1.82) is 0 Å². The number of amides is 3. The van der Waals surface area contributed by atoms with E-state index < -0.39 is 11.6 Å². The number of nitrogens with zero attached hydrogens (tertiary/aromatic N) is 3. The van der Waals surface area contributed by atoms with Crippen LogP contribution in [-0.2, 0) is 0 Å². The van der Waals surface area contributed by atoms with Crippen molar-refractivity contribution >= 4 is 28.6 Å². The SMILES string of the molecule is COc1cc(C(=O)N2CCC3(CC2)NC(=O)c2cc(-c4cncc(C(N)=O)c4)ccc2O3)nc2c(C3CC3)cccc12. The first-order valence-corrected chi connectivity index (χ1v) is 14.0. The van der Waals surface area contributed by atoms with Gasteiger partial charge >= 0.3 is 0 Å². The number of piperidine rings is 1. The number of para-hydroxylation sites is 1. The van der Waals surface area contributed by atoms with Crippen LogP contribution >= 0.6 is 0 Å². The number of fused-ring (bicyclic) bond motifs is 2. The maximum atomic E-state index is 13.6. The lowest BCUT2D eigenvalue weighted by Gasteiger charge is -2.44. The highest BCUT2D eigenvalue weighted by atomic mass is 16.5. The van der Waals surface area contributed by atoms with Gasteiger partial charge in [-0.2, -0.15) is 0 Å². The lowest BCUT2D eigenvalue weighted by molar-refractivity contribution is -0.0246. The Labute approximate surface area is 241 Å². The third-order valence-electron chi connectivity index (χ3n) is 8.37. The van der Waals surface area contributed by atoms with Crippen molar-refractivity contribution in [3.05, 3.63) is 83.3 Å². The summed E-state index contributed by atoms with van der Waals surface area (Å²) in [5, 5.41) is 3.95. The molecule has 2 aliphatic heterocycles. The second-order valence-corrected chi connectivity index (χ2v) is 11.1. The molecule has 3 N–H and O–H groups in total. The summed E-state index contributed by atoms with van der Waals surface area (Å²) in [5.74, 6) is 0.577. The lowest BCUT2D eigenvalue weighted by Crippen LogP contribution is -2.61. The maximum Gasteiger partial charge on any atom is 0.272 e. The molecule has 2 fully saturated rings. The molecule has 2 aromatic carbocycles. The number of nitrogens with one attached hydrogen (secondary N) is 1. The predicted octanol–water partition coefficient (Wildman–Crippen LogP) is 4.04. The van der Waals surface area contributed by atoms with Gasteiger partial charge in [-0.05, 0) is 54.2 Å². The van der Waals surface area contributed by atoms with Crippen LogP contribution in [0.3, 0.4) is 0 Å². The highest BCUT2D eigenvalue weighted by Gasteiger charge is 2.43. The summed E-state index contributed by atoms with van der Waals surface area (Å²) in [6, 6.07) is 14.7. The molecule has 3 amide bonds. The monoisotopic (exact) mass is 563 g/mol. The van der Waals surface area contributed by atoms with Gasteiger partial charge < -0.3 is 25.4 Å². The number of hydrogen-bond acceptors (Lipinski definition) is 7. The van der Waals surface area contributed by atoms with Gasteiger partial charge in [-0.1, -0.05) is 18.2 Å². The second-order valence-electron chi connectivity index (χ2n) is 11.1. The van der Waals surface area contributed by atoms with Gasteiger partial charge in [0, 0.05) is 55.3 Å². The van der Waals surface area contributed by atoms with Gasteiger partial charge in [-0.3, -0.25) is 19.4 Å². The van der Waals surface area contributed by atoms with E-state index in [4.69, 9.17) is 20.2 Å². The van der Waals surface area contributed by atoms with E-state index in [0.29, 0.717) is 65.7 Å². The zero-order valence-corrected chi connectivity index (χ0v) is 23.1. The molecule has 10 nitrogen and oxygen atoms in total. The van der Waals surface area contributed by atoms with Crippen molar-refractivity contribution in [1.82, 2.24) is 20.2 Å². The molecule has 4 heterocycles. The molecule has 0 radical (unpaired) electrons. The Morgan fingerprint density at radius 3 is 2.62 bits per heavy atom. The summed E-state index contributed by atoms with van der Waals surface area (Å²) in [6.07, 6.45) is 6.12. The fraction of sp³-hybridized carbons (Fsp3) is 0.281. The molecule has 1 saturated carbocycles. The maximum absolute atomic E-state index is 13.6. The number of methoxy groups -OCH3 is 1. The van der Waals surface area contributed by atoms with E-state index in [0.717, 1.165) is 29.3 Å². The number of hydrogen-bond donors (Lipinski definition) is 2. The van der Waals surface area contributed by atoms with E-state index in [1.165, 1.54) is 6.20 Å². The number of carbonyl (C=O) groups excluding carboxylic acids is 3.